The van der Waals surface area contributed by atoms with Gasteiger partial charge >= 0.3 is 0 Å². The number of benzene rings is 1. The van der Waals surface area contributed by atoms with Gasteiger partial charge in [0.2, 0.25) is 0 Å². The lowest BCUT2D eigenvalue weighted by molar-refractivity contribution is 0.412. The van der Waals surface area contributed by atoms with Crippen molar-refractivity contribution in [2.75, 3.05) is 18.4 Å². The van der Waals surface area contributed by atoms with Gasteiger partial charge in [-0.15, -0.1) is 0 Å². The van der Waals surface area contributed by atoms with Gasteiger partial charge in [-0.3, -0.25) is 0 Å². The van der Waals surface area contributed by atoms with E-state index in [1.165, 1.54) is 6.07 Å². The van der Waals surface area contributed by atoms with E-state index in [1.54, 1.807) is 0 Å². The number of hydrogen-bond donors (Lipinski definition) is 2. The molecular weight excluding hydrogens is 290 g/mol. The van der Waals surface area contributed by atoms with Gasteiger partial charge in [0.05, 0.1) is 5.69 Å². The van der Waals surface area contributed by atoms with Crippen molar-refractivity contribution < 1.29 is 8.78 Å². The molecule has 0 radical (unpaired) electrons. The molecule has 1 aromatic carbocycles. The van der Waals surface area contributed by atoms with Crippen LogP contribution >= 0.6 is 15.9 Å². The SMILES string of the molecule is CC(C)C(CN)CNc1c(F)cc(F)cc1Br. The Bertz CT molecular complexity index is 360. The molecule has 0 saturated heterocycles. The van der Waals surface area contributed by atoms with E-state index in [9.17, 15) is 8.78 Å². The Hall–Kier alpha value is -0.680. The van der Waals surface area contributed by atoms with Crippen molar-refractivity contribution in [3.8, 4) is 0 Å². The maximum atomic E-state index is 13.5. The van der Waals surface area contributed by atoms with Crippen LogP contribution in [0.3, 0.4) is 0 Å². The quantitative estimate of drug-likeness (QED) is 0.875. The van der Waals surface area contributed by atoms with E-state index in [2.05, 4.69) is 35.1 Å². The average Bonchev–Trinajstić information content (AvgIpc) is 2.21. The summed E-state index contributed by atoms with van der Waals surface area (Å²) in [5, 5.41) is 2.97. The molecule has 1 atom stereocenters. The molecule has 1 aromatic rings. The first-order valence-corrected chi connectivity index (χ1v) is 6.33. The van der Waals surface area contributed by atoms with Gasteiger partial charge in [0.25, 0.3) is 0 Å². The minimum atomic E-state index is -0.601. The standard InChI is InChI=1S/C12H17BrF2N2/c1-7(2)8(5-16)6-17-12-10(13)3-9(14)4-11(12)15/h3-4,7-8,17H,5-6,16H2,1-2H3. The molecule has 5 heteroatoms. The zero-order chi connectivity index (χ0) is 13.0. The van der Waals surface area contributed by atoms with Crippen LogP contribution in [-0.4, -0.2) is 13.1 Å². The predicted octanol–water partition coefficient (Wildman–Crippen LogP) is 3.37. The second kappa shape index (κ2) is 6.31. The fourth-order valence-electron chi connectivity index (χ4n) is 1.54. The van der Waals surface area contributed by atoms with Gasteiger partial charge in [0.1, 0.15) is 11.6 Å². The Morgan fingerprint density at radius 3 is 2.47 bits per heavy atom. The summed E-state index contributed by atoms with van der Waals surface area (Å²) in [7, 11) is 0. The van der Waals surface area contributed by atoms with E-state index < -0.39 is 11.6 Å². The Morgan fingerprint density at radius 1 is 1.35 bits per heavy atom. The summed E-state index contributed by atoms with van der Waals surface area (Å²) in [5.41, 5.74) is 5.92. The van der Waals surface area contributed by atoms with Gasteiger partial charge in [-0.2, -0.15) is 0 Å². The van der Waals surface area contributed by atoms with E-state index >= 15 is 0 Å². The number of anilines is 1. The summed E-state index contributed by atoms with van der Waals surface area (Å²) in [5.74, 6) is -0.531. The second-order valence-corrected chi connectivity index (χ2v) is 5.22. The highest BCUT2D eigenvalue weighted by atomic mass is 79.9. The highest BCUT2D eigenvalue weighted by molar-refractivity contribution is 9.10. The molecule has 0 aromatic heterocycles. The van der Waals surface area contributed by atoms with Crippen LogP contribution in [0.2, 0.25) is 0 Å². The van der Waals surface area contributed by atoms with Crippen molar-refractivity contribution in [1.82, 2.24) is 0 Å². The number of nitrogens with two attached hydrogens (primary N) is 1. The highest BCUT2D eigenvalue weighted by Crippen LogP contribution is 2.27. The van der Waals surface area contributed by atoms with Crippen LogP contribution in [0.15, 0.2) is 16.6 Å². The Balaban J connectivity index is 2.75. The molecular formula is C12H17BrF2N2. The van der Waals surface area contributed by atoms with Gasteiger partial charge in [-0.05, 0) is 40.4 Å². The summed E-state index contributed by atoms with van der Waals surface area (Å²) in [6, 6.07) is 2.10. The van der Waals surface area contributed by atoms with Crippen molar-refractivity contribution in [3.05, 3.63) is 28.2 Å². The molecule has 0 aliphatic carbocycles. The Kier molecular flexibility index (Phi) is 5.33. The molecule has 0 saturated carbocycles. The van der Waals surface area contributed by atoms with Crippen molar-refractivity contribution in [1.29, 1.82) is 0 Å². The minimum Gasteiger partial charge on any atom is -0.381 e. The molecule has 0 amide bonds. The zero-order valence-corrected chi connectivity index (χ0v) is 11.5. The maximum Gasteiger partial charge on any atom is 0.150 e. The summed E-state index contributed by atoms with van der Waals surface area (Å²) in [4.78, 5) is 0. The van der Waals surface area contributed by atoms with E-state index in [-0.39, 0.29) is 11.6 Å². The molecule has 0 fully saturated rings. The molecule has 96 valence electrons. The normalized spacial score (nSPS) is 12.9. The fraction of sp³-hybridized carbons (Fsp3) is 0.500. The van der Waals surface area contributed by atoms with Crippen LogP contribution in [0.1, 0.15) is 13.8 Å². The molecule has 0 bridgehead atoms. The molecule has 2 nitrogen and oxygen atoms in total. The van der Waals surface area contributed by atoms with Crippen molar-refractivity contribution >= 4 is 21.6 Å². The third-order valence-corrected chi connectivity index (χ3v) is 3.42. The van der Waals surface area contributed by atoms with E-state index in [1.807, 2.05) is 0 Å². The molecule has 0 spiro atoms. The lowest BCUT2D eigenvalue weighted by Gasteiger charge is -2.20. The summed E-state index contributed by atoms with van der Waals surface area (Å²) >= 11 is 3.13. The fourth-order valence-corrected chi connectivity index (χ4v) is 2.08. The Morgan fingerprint density at radius 2 is 2.00 bits per heavy atom. The molecule has 1 unspecified atom stereocenters. The van der Waals surface area contributed by atoms with Crippen LogP contribution in [0, 0.1) is 23.5 Å². The van der Waals surface area contributed by atoms with Crippen molar-refractivity contribution in [3.63, 3.8) is 0 Å². The third kappa shape index (κ3) is 3.92. The zero-order valence-electron chi connectivity index (χ0n) is 9.93. The number of hydrogen-bond acceptors (Lipinski definition) is 2. The molecule has 0 aliphatic rings. The summed E-state index contributed by atoms with van der Waals surface area (Å²) in [6.07, 6.45) is 0. The monoisotopic (exact) mass is 306 g/mol. The molecule has 17 heavy (non-hydrogen) atoms. The van der Waals surface area contributed by atoms with Gasteiger partial charge < -0.3 is 11.1 Å². The first kappa shape index (κ1) is 14.4. The smallest absolute Gasteiger partial charge is 0.150 e. The van der Waals surface area contributed by atoms with E-state index in [0.717, 1.165) is 6.07 Å². The number of halogens is 3. The molecule has 1 rings (SSSR count). The minimum absolute atomic E-state index is 0.256. The molecule has 0 heterocycles. The summed E-state index contributed by atoms with van der Waals surface area (Å²) in [6.45, 7) is 5.23. The predicted molar refractivity (Wildman–Crippen MR) is 69.9 cm³/mol. The Labute approximate surface area is 109 Å². The van der Waals surface area contributed by atoms with Gasteiger partial charge in [0, 0.05) is 17.1 Å². The first-order valence-electron chi connectivity index (χ1n) is 5.54. The largest absolute Gasteiger partial charge is 0.381 e. The lowest BCUT2D eigenvalue weighted by Crippen LogP contribution is -2.27. The van der Waals surface area contributed by atoms with Crippen LogP contribution in [0.25, 0.3) is 0 Å². The van der Waals surface area contributed by atoms with Crippen LogP contribution < -0.4 is 11.1 Å². The topological polar surface area (TPSA) is 38.0 Å². The van der Waals surface area contributed by atoms with E-state index in [4.69, 9.17) is 5.73 Å². The third-order valence-electron chi connectivity index (χ3n) is 2.79. The van der Waals surface area contributed by atoms with Gasteiger partial charge in [-0.25, -0.2) is 8.78 Å². The summed E-state index contributed by atoms with van der Waals surface area (Å²) < 4.78 is 26.8. The second-order valence-electron chi connectivity index (χ2n) is 4.37. The van der Waals surface area contributed by atoms with Crippen LogP contribution in [0.4, 0.5) is 14.5 Å². The molecule has 0 aliphatic heterocycles. The van der Waals surface area contributed by atoms with Crippen LogP contribution in [-0.2, 0) is 0 Å². The molecule has 3 N–H and O–H groups in total. The van der Waals surface area contributed by atoms with Crippen molar-refractivity contribution in [2.24, 2.45) is 17.6 Å². The maximum absolute atomic E-state index is 13.5. The van der Waals surface area contributed by atoms with Gasteiger partial charge in [0.15, 0.2) is 0 Å². The van der Waals surface area contributed by atoms with Crippen LogP contribution in [0.5, 0.6) is 0 Å². The number of rotatable bonds is 5. The van der Waals surface area contributed by atoms with Crippen molar-refractivity contribution in [2.45, 2.75) is 13.8 Å². The first-order chi connectivity index (χ1) is 7.95. The van der Waals surface area contributed by atoms with E-state index in [0.29, 0.717) is 23.5 Å². The van der Waals surface area contributed by atoms with Gasteiger partial charge in [-0.1, -0.05) is 13.8 Å². The number of nitrogens with one attached hydrogen (secondary N) is 1. The average molecular weight is 307 g/mol. The lowest BCUT2D eigenvalue weighted by atomic mass is 9.96. The highest BCUT2D eigenvalue weighted by Gasteiger charge is 2.14.